The highest BCUT2D eigenvalue weighted by molar-refractivity contribution is 5.90. The number of alkyl halides is 9. The van der Waals surface area contributed by atoms with Crippen LogP contribution in [0.5, 0.6) is 0 Å². The van der Waals surface area contributed by atoms with Crippen molar-refractivity contribution in [2.24, 2.45) is 0 Å². The molecule has 13 heteroatoms. The van der Waals surface area contributed by atoms with Gasteiger partial charge in [-0.2, -0.15) is 39.5 Å². The number of rotatable bonds is 3. The van der Waals surface area contributed by atoms with E-state index < -0.39 is 58.9 Å². The Kier molecular flexibility index (Phi) is 5.72. The van der Waals surface area contributed by atoms with Crippen molar-refractivity contribution in [3.63, 3.8) is 0 Å². The topological polar surface area (TPSA) is 51.1 Å². The quantitative estimate of drug-likeness (QED) is 0.725. The molecule has 0 saturated heterocycles. The average molecular weight is 432 g/mol. The molecule has 0 fully saturated rings. The predicted molar refractivity (Wildman–Crippen MR) is 80.8 cm³/mol. The Balaban J connectivity index is 2.33. The molecule has 1 amide bonds. The first-order valence-corrected chi connectivity index (χ1v) is 7.45. The first-order valence-electron chi connectivity index (χ1n) is 7.45. The van der Waals surface area contributed by atoms with Crippen molar-refractivity contribution in [1.82, 2.24) is 4.57 Å². The van der Waals surface area contributed by atoms with Crippen LogP contribution in [0.25, 0.3) is 0 Å². The zero-order chi connectivity index (χ0) is 22.2. The van der Waals surface area contributed by atoms with E-state index in [9.17, 15) is 49.1 Å². The first-order chi connectivity index (χ1) is 13.1. The fraction of sp³-hybridized carbons (Fsp3) is 0.250. The number of halogens is 9. The monoisotopic (exact) mass is 432 g/mol. The lowest BCUT2D eigenvalue weighted by molar-refractivity contribution is -0.143. The van der Waals surface area contributed by atoms with Crippen molar-refractivity contribution >= 4 is 11.6 Å². The van der Waals surface area contributed by atoms with Crippen molar-refractivity contribution < 1.29 is 44.3 Å². The molecule has 1 aromatic carbocycles. The Labute approximate surface area is 155 Å². The summed E-state index contributed by atoms with van der Waals surface area (Å²) in [4.78, 5) is 23.6. The van der Waals surface area contributed by atoms with Gasteiger partial charge in [0.15, 0.2) is 0 Å². The van der Waals surface area contributed by atoms with Crippen LogP contribution in [0, 0.1) is 0 Å². The lowest BCUT2D eigenvalue weighted by Crippen LogP contribution is -2.32. The third-order valence-corrected chi connectivity index (χ3v) is 3.51. The van der Waals surface area contributed by atoms with Crippen LogP contribution >= 0.6 is 0 Å². The number of nitrogens with zero attached hydrogens (tertiary/aromatic N) is 1. The van der Waals surface area contributed by atoms with E-state index >= 15 is 0 Å². The highest BCUT2D eigenvalue weighted by Crippen LogP contribution is 2.37. The molecular weight excluding hydrogens is 423 g/mol. The van der Waals surface area contributed by atoms with Crippen molar-refractivity contribution in [3.05, 3.63) is 63.6 Å². The standard InChI is InChI=1S/C16H9F9N2O2/c17-14(18,19)8-4-9(15(20,21)22)6-10(5-8)26-12(28)7-27-3-1-2-11(13(27)29)16(23,24)25/h1-6H,7H2,(H,26,28). The molecule has 158 valence electrons. The fourth-order valence-electron chi connectivity index (χ4n) is 2.26. The minimum atomic E-state index is -5.15. The summed E-state index contributed by atoms with van der Waals surface area (Å²) in [6.45, 7) is -1.07. The summed E-state index contributed by atoms with van der Waals surface area (Å²) < 4.78 is 115. The van der Waals surface area contributed by atoms with E-state index in [1.54, 1.807) is 5.32 Å². The largest absolute Gasteiger partial charge is 0.421 e. The van der Waals surface area contributed by atoms with E-state index in [2.05, 4.69) is 0 Å². The molecule has 2 aromatic rings. The van der Waals surface area contributed by atoms with Crippen molar-refractivity contribution in [2.45, 2.75) is 25.1 Å². The van der Waals surface area contributed by atoms with Crippen molar-refractivity contribution in [2.75, 3.05) is 5.32 Å². The summed E-state index contributed by atoms with van der Waals surface area (Å²) >= 11 is 0. The van der Waals surface area contributed by atoms with Gasteiger partial charge in [-0.1, -0.05) is 0 Å². The van der Waals surface area contributed by atoms with E-state index in [0.717, 1.165) is 12.3 Å². The first kappa shape index (κ1) is 22.3. The molecule has 29 heavy (non-hydrogen) atoms. The molecule has 1 N–H and O–H groups in total. The number of aromatic nitrogens is 1. The second-order valence-corrected chi connectivity index (χ2v) is 5.70. The van der Waals surface area contributed by atoms with Gasteiger partial charge in [-0.25, -0.2) is 0 Å². The fourth-order valence-corrected chi connectivity index (χ4v) is 2.26. The average Bonchev–Trinajstić information content (AvgIpc) is 2.53. The van der Waals surface area contributed by atoms with E-state index in [1.807, 2.05) is 0 Å². The number of hydrogen-bond acceptors (Lipinski definition) is 2. The summed E-state index contributed by atoms with van der Waals surface area (Å²) in [5, 5.41) is 1.72. The van der Waals surface area contributed by atoms with Crippen LogP contribution in [-0.4, -0.2) is 10.5 Å². The maximum atomic E-state index is 12.8. The molecule has 0 atom stereocenters. The molecule has 0 spiro atoms. The molecule has 0 aliphatic rings. The van der Waals surface area contributed by atoms with E-state index in [4.69, 9.17) is 0 Å². The van der Waals surface area contributed by atoms with Gasteiger partial charge in [0, 0.05) is 11.9 Å². The van der Waals surface area contributed by atoms with Gasteiger partial charge in [0.05, 0.1) is 11.1 Å². The zero-order valence-corrected chi connectivity index (χ0v) is 13.8. The Morgan fingerprint density at radius 1 is 0.862 bits per heavy atom. The number of amides is 1. The van der Waals surface area contributed by atoms with Crippen LogP contribution in [-0.2, 0) is 29.9 Å². The lowest BCUT2D eigenvalue weighted by atomic mass is 10.1. The highest BCUT2D eigenvalue weighted by Gasteiger charge is 2.37. The van der Waals surface area contributed by atoms with Crippen molar-refractivity contribution in [3.8, 4) is 0 Å². The van der Waals surface area contributed by atoms with Gasteiger partial charge in [0.25, 0.3) is 5.56 Å². The highest BCUT2D eigenvalue weighted by atomic mass is 19.4. The summed E-state index contributed by atoms with van der Waals surface area (Å²) in [5.41, 5.74) is -7.48. The minimum Gasteiger partial charge on any atom is -0.325 e. The van der Waals surface area contributed by atoms with E-state index in [0.29, 0.717) is 10.6 Å². The molecule has 2 rings (SSSR count). The van der Waals surface area contributed by atoms with E-state index in [-0.39, 0.29) is 18.2 Å². The predicted octanol–water partition coefficient (Wildman–Crippen LogP) is 4.54. The molecule has 0 unspecified atom stereocenters. The number of carbonyl (C=O) groups is 1. The summed E-state index contributed by atoms with van der Waals surface area (Å²) in [6, 6.07) is 1.56. The van der Waals surface area contributed by atoms with Gasteiger partial charge in [-0.15, -0.1) is 0 Å². The SMILES string of the molecule is O=C(Cn1cccc(C(F)(F)F)c1=O)Nc1cc(C(F)(F)F)cc(C(F)(F)F)c1. The number of hydrogen-bond donors (Lipinski definition) is 1. The van der Waals surface area contributed by atoms with E-state index in [1.165, 1.54) is 0 Å². The summed E-state index contributed by atoms with van der Waals surface area (Å²) in [5.74, 6) is -1.31. The molecule has 0 bridgehead atoms. The molecule has 0 saturated carbocycles. The molecule has 0 aliphatic carbocycles. The molecular formula is C16H9F9N2O2. The smallest absolute Gasteiger partial charge is 0.325 e. The van der Waals surface area contributed by atoms with Crippen LogP contribution in [0.1, 0.15) is 16.7 Å². The van der Waals surface area contributed by atoms with Crippen LogP contribution in [0.4, 0.5) is 45.2 Å². The minimum absolute atomic E-state index is 0.160. The second-order valence-electron chi connectivity index (χ2n) is 5.70. The van der Waals surface area contributed by atoms with Gasteiger partial charge in [-0.05, 0) is 30.3 Å². The van der Waals surface area contributed by atoms with Gasteiger partial charge in [-0.3, -0.25) is 9.59 Å². The second kappa shape index (κ2) is 7.44. The number of pyridine rings is 1. The molecule has 0 aliphatic heterocycles. The Bertz CT molecular complexity index is 940. The summed E-state index contributed by atoms with van der Waals surface area (Å²) in [7, 11) is 0. The molecule has 1 heterocycles. The third kappa shape index (κ3) is 5.51. The maximum Gasteiger partial charge on any atom is 0.421 e. The summed E-state index contributed by atoms with van der Waals surface area (Å²) in [6.07, 6.45) is -14.5. The van der Waals surface area contributed by atoms with Crippen molar-refractivity contribution in [1.29, 1.82) is 0 Å². The van der Waals surface area contributed by atoms with Crippen LogP contribution in [0.2, 0.25) is 0 Å². The van der Waals surface area contributed by atoms with Crippen LogP contribution in [0.15, 0.2) is 41.3 Å². The molecule has 1 aromatic heterocycles. The Morgan fingerprint density at radius 2 is 1.38 bits per heavy atom. The van der Waals surface area contributed by atoms with Crippen LogP contribution < -0.4 is 10.9 Å². The normalized spacial score (nSPS) is 12.7. The number of anilines is 1. The lowest BCUT2D eigenvalue weighted by Gasteiger charge is -2.15. The van der Waals surface area contributed by atoms with Crippen LogP contribution in [0.3, 0.4) is 0 Å². The third-order valence-electron chi connectivity index (χ3n) is 3.51. The maximum absolute atomic E-state index is 12.8. The molecule has 4 nitrogen and oxygen atoms in total. The molecule has 0 radical (unpaired) electrons. The number of nitrogens with one attached hydrogen (secondary N) is 1. The Morgan fingerprint density at radius 3 is 1.83 bits per heavy atom. The zero-order valence-electron chi connectivity index (χ0n) is 13.8. The van der Waals surface area contributed by atoms with Gasteiger partial charge < -0.3 is 9.88 Å². The number of carbonyl (C=O) groups excluding carboxylic acids is 1. The van der Waals surface area contributed by atoms with Gasteiger partial charge >= 0.3 is 18.5 Å². The van der Waals surface area contributed by atoms with Gasteiger partial charge in [0.2, 0.25) is 5.91 Å². The Hall–Kier alpha value is -2.99. The number of benzene rings is 1. The van der Waals surface area contributed by atoms with Gasteiger partial charge in [0.1, 0.15) is 12.1 Å².